The molecule has 0 spiro atoms. The van der Waals surface area contributed by atoms with Crippen molar-refractivity contribution in [3.63, 3.8) is 0 Å². The first-order chi connectivity index (χ1) is 10.3. The first-order valence-corrected chi connectivity index (χ1v) is 7.95. The summed E-state index contributed by atoms with van der Waals surface area (Å²) in [4.78, 5) is 0. The van der Waals surface area contributed by atoms with Crippen molar-refractivity contribution < 1.29 is 0 Å². The van der Waals surface area contributed by atoms with E-state index in [1.807, 2.05) is 0 Å². The smallest absolute Gasteiger partial charge is 0.0347 e. The molecule has 1 aliphatic carbocycles. The number of hydrogen-bond acceptors (Lipinski definition) is 2. The summed E-state index contributed by atoms with van der Waals surface area (Å²) < 4.78 is 0. The van der Waals surface area contributed by atoms with Crippen LogP contribution in [0.25, 0.3) is 0 Å². The molecule has 3 rings (SSSR count). The van der Waals surface area contributed by atoms with Gasteiger partial charge in [0.2, 0.25) is 0 Å². The molecule has 0 radical (unpaired) electrons. The largest absolute Gasteiger partial charge is 0.324 e. The van der Waals surface area contributed by atoms with Crippen molar-refractivity contribution in [2.24, 2.45) is 5.73 Å². The van der Waals surface area contributed by atoms with E-state index in [2.05, 4.69) is 66.8 Å². The van der Waals surface area contributed by atoms with Crippen molar-refractivity contribution in [2.75, 3.05) is 0 Å². The monoisotopic (exact) mass is 280 g/mol. The van der Waals surface area contributed by atoms with Gasteiger partial charge < -0.3 is 11.1 Å². The highest BCUT2D eigenvalue weighted by atomic mass is 15.0. The van der Waals surface area contributed by atoms with Crippen LogP contribution in [0.3, 0.4) is 0 Å². The Balaban J connectivity index is 1.81. The van der Waals surface area contributed by atoms with Crippen molar-refractivity contribution in [2.45, 2.75) is 44.3 Å². The van der Waals surface area contributed by atoms with Gasteiger partial charge in [-0.05, 0) is 29.5 Å². The van der Waals surface area contributed by atoms with Gasteiger partial charge in [-0.15, -0.1) is 0 Å². The van der Waals surface area contributed by atoms with Gasteiger partial charge in [0, 0.05) is 18.1 Å². The molecule has 0 aliphatic heterocycles. The second kappa shape index (κ2) is 6.42. The Morgan fingerprint density at radius 1 is 1.05 bits per heavy atom. The van der Waals surface area contributed by atoms with Crippen LogP contribution in [0.5, 0.6) is 0 Å². The summed E-state index contributed by atoms with van der Waals surface area (Å²) in [6, 6.07) is 20.3. The number of nitrogens with one attached hydrogen (secondary N) is 1. The Morgan fingerprint density at radius 3 is 2.43 bits per heavy atom. The Bertz CT molecular complexity index is 579. The molecule has 1 aliphatic rings. The second-order valence-electron chi connectivity index (χ2n) is 5.94. The first-order valence-electron chi connectivity index (χ1n) is 7.95. The summed E-state index contributed by atoms with van der Waals surface area (Å²) in [5.41, 5.74) is 10.3. The summed E-state index contributed by atoms with van der Waals surface area (Å²) in [5.74, 6) is 0. The van der Waals surface area contributed by atoms with Crippen LogP contribution >= 0.6 is 0 Å². The Morgan fingerprint density at radius 2 is 1.71 bits per heavy atom. The van der Waals surface area contributed by atoms with Crippen LogP contribution in [-0.2, 0) is 0 Å². The van der Waals surface area contributed by atoms with Crippen LogP contribution in [-0.4, -0.2) is 0 Å². The molecule has 0 saturated carbocycles. The highest BCUT2D eigenvalue weighted by molar-refractivity contribution is 5.37. The van der Waals surface area contributed by atoms with E-state index >= 15 is 0 Å². The van der Waals surface area contributed by atoms with E-state index in [1.54, 1.807) is 0 Å². The predicted octanol–water partition coefficient (Wildman–Crippen LogP) is 4.26. The molecule has 21 heavy (non-hydrogen) atoms. The SMILES string of the molecule is CCCC(NC1CC(N)c2ccccc21)c1ccccc1. The molecule has 0 aromatic heterocycles. The summed E-state index contributed by atoms with van der Waals surface area (Å²) in [5, 5.41) is 3.84. The minimum atomic E-state index is 0.164. The minimum Gasteiger partial charge on any atom is -0.324 e. The molecule has 2 aromatic rings. The van der Waals surface area contributed by atoms with Gasteiger partial charge in [0.15, 0.2) is 0 Å². The standard InChI is InChI=1S/C19H24N2/c1-2-8-18(14-9-4-3-5-10-14)21-19-13-17(20)15-11-6-7-12-16(15)19/h3-7,9-12,17-19,21H,2,8,13,20H2,1H3. The molecule has 0 bridgehead atoms. The van der Waals surface area contributed by atoms with E-state index in [9.17, 15) is 0 Å². The van der Waals surface area contributed by atoms with E-state index in [0.717, 1.165) is 12.8 Å². The third-order valence-corrected chi connectivity index (χ3v) is 4.44. The van der Waals surface area contributed by atoms with Crippen LogP contribution < -0.4 is 11.1 Å². The normalized spacial score (nSPS) is 22.0. The topological polar surface area (TPSA) is 38.0 Å². The highest BCUT2D eigenvalue weighted by Gasteiger charge is 2.29. The lowest BCUT2D eigenvalue weighted by atomic mass is 10.00. The zero-order valence-corrected chi connectivity index (χ0v) is 12.6. The van der Waals surface area contributed by atoms with Crippen molar-refractivity contribution >= 4 is 0 Å². The molecule has 0 fully saturated rings. The van der Waals surface area contributed by atoms with Crippen molar-refractivity contribution in [3.8, 4) is 0 Å². The third kappa shape index (κ3) is 3.02. The fourth-order valence-corrected chi connectivity index (χ4v) is 3.39. The van der Waals surface area contributed by atoms with Crippen LogP contribution in [0.2, 0.25) is 0 Å². The van der Waals surface area contributed by atoms with E-state index in [-0.39, 0.29) is 6.04 Å². The lowest BCUT2D eigenvalue weighted by Gasteiger charge is -2.24. The van der Waals surface area contributed by atoms with E-state index < -0.39 is 0 Å². The molecular formula is C19H24N2. The van der Waals surface area contributed by atoms with Crippen LogP contribution in [0.4, 0.5) is 0 Å². The average molecular weight is 280 g/mol. The fourth-order valence-electron chi connectivity index (χ4n) is 3.39. The van der Waals surface area contributed by atoms with Gasteiger partial charge in [0.1, 0.15) is 0 Å². The maximum Gasteiger partial charge on any atom is 0.0347 e. The van der Waals surface area contributed by atoms with Gasteiger partial charge in [-0.2, -0.15) is 0 Å². The van der Waals surface area contributed by atoms with Gasteiger partial charge in [0.05, 0.1) is 0 Å². The molecule has 0 heterocycles. The maximum absolute atomic E-state index is 6.29. The molecule has 0 amide bonds. The molecule has 2 aromatic carbocycles. The Hall–Kier alpha value is -1.64. The van der Waals surface area contributed by atoms with Crippen LogP contribution in [0.15, 0.2) is 54.6 Å². The Labute approximate surface area is 127 Å². The van der Waals surface area contributed by atoms with Crippen LogP contribution in [0, 0.1) is 0 Å². The average Bonchev–Trinajstić information content (AvgIpc) is 2.85. The summed E-state index contributed by atoms with van der Waals surface area (Å²) >= 11 is 0. The number of benzene rings is 2. The fraction of sp³-hybridized carbons (Fsp3) is 0.368. The number of fused-ring (bicyclic) bond motifs is 1. The highest BCUT2D eigenvalue weighted by Crippen LogP contribution is 2.38. The van der Waals surface area contributed by atoms with Gasteiger partial charge >= 0.3 is 0 Å². The molecule has 3 N–H and O–H groups in total. The van der Waals surface area contributed by atoms with Crippen molar-refractivity contribution in [3.05, 3.63) is 71.3 Å². The number of rotatable bonds is 5. The molecule has 3 atom stereocenters. The Kier molecular flexibility index (Phi) is 4.37. The van der Waals surface area contributed by atoms with E-state index in [1.165, 1.54) is 23.1 Å². The summed E-state index contributed by atoms with van der Waals surface area (Å²) in [6.45, 7) is 2.24. The maximum atomic E-state index is 6.29. The minimum absolute atomic E-state index is 0.164. The van der Waals surface area contributed by atoms with Gasteiger partial charge in [-0.3, -0.25) is 0 Å². The van der Waals surface area contributed by atoms with Crippen LogP contribution in [0.1, 0.15) is 61.0 Å². The van der Waals surface area contributed by atoms with Crippen molar-refractivity contribution in [1.29, 1.82) is 0 Å². The van der Waals surface area contributed by atoms with Gasteiger partial charge in [-0.1, -0.05) is 67.9 Å². The van der Waals surface area contributed by atoms with E-state index in [4.69, 9.17) is 5.73 Å². The zero-order valence-electron chi connectivity index (χ0n) is 12.6. The van der Waals surface area contributed by atoms with Gasteiger partial charge in [0.25, 0.3) is 0 Å². The predicted molar refractivity (Wildman–Crippen MR) is 88.0 cm³/mol. The quantitative estimate of drug-likeness (QED) is 0.858. The molecule has 2 heteroatoms. The molecule has 2 nitrogen and oxygen atoms in total. The first kappa shape index (κ1) is 14.3. The van der Waals surface area contributed by atoms with E-state index in [0.29, 0.717) is 12.1 Å². The molecular weight excluding hydrogens is 256 g/mol. The van der Waals surface area contributed by atoms with Gasteiger partial charge in [-0.25, -0.2) is 0 Å². The third-order valence-electron chi connectivity index (χ3n) is 4.44. The lowest BCUT2D eigenvalue weighted by Crippen LogP contribution is -2.25. The number of nitrogens with two attached hydrogens (primary N) is 1. The van der Waals surface area contributed by atoms with Crippen molar-refractivity contribution in [1.82, 2.24) is 5.32 Å². The summed E-state index contributed by atoms with van der Waals surface area (Å²) in [6.07, 6.45) is 3.32. The zero-order chi connectivity index (χ0) is 14.7. The lowest BCUT2D eigenvalue weighted by molar-refractivity contribution is 0.407. The number of hydrogen-bond donors (Lipinski definition) is 2. The molecule has 3 unspecified atom stereocenters. The molecule has 0 saturated heterocycles. The molecule has 110 valence electrons. The summed E-state index contributed by atoms with van der Waals surface area (Å²) in [7, 11) is 0. The second-order valence-corrected chi connectivity index (χ2v) is 5.94.